The number of carbonyl (C=O) groups excluding carboxylic acids is 1. The van der Waals surface area contributed by atoms with Crippen molar-refractivity contribution >= 4 is 44.0 Å². The highest BCUT2D eigenvalue weighted by Gasteiger charge is 2.25. The maximum atomic E-state index is 12.7. The molecule has 1 fully saturated rings. The van der Waals surface area contributed by atoms with Crippen molar-refractivity contribution in [2.24, 2.45) is 0 Å². The third-order valence-corrected chi connectivity index (χ3v) is 7.84. The summed E-state index contributed by atoms with van der Waals surface area (Å²) in [6.45, 7) is 3.84. The molecule has 0 bridgehead atoms. The van der Waals surface area contributed by atoms with Gasteiger partial charge in [-0.05, 0) is 61.7 Å². The predicted octanol–water partition coefficient (Wildman–Crippen LogP) is 3.01. The van der Waals surface area contributed by atoms with Crippen molar-refractivity contribution in [3.8, 4) is 0 Å². The van der Waals surface area contributed by atoms with Crippen molar-refractivity contribution in [1.82, 2.24) is 5.32 Å². The van der Waals surface area contributed by atoms with Crippen LogP contribution in [-0.4, -0.2) is 36.1 Å². The third-order valence-electron chi connectivity index (χ3n) is 4.67. The summed E-state index contributed by atoms with van der Waals surface area (Å²) in [7, 11) is -4.82. The van der Waals surface area contributed by atoms with Gasteiger partial charge in [-0.1, -0.05) is 17.7 Å². The number of carbonyl (C=O) groups is 1. The molecule has 28 heavy (non-hydrogen) atoms. The SMILES string of the molecule is Cc1ccc(NS(=O)(=O)c2ccc(Cl)c(C(=O)N[C@@H]3CC[S@@](=O)C3)c2)cc1C. The summed E-state index contributed by atoms with van der Waals surface area (Å²) in [6, 6.07) is 9.07. The van der Waals surface area contributed by atoms with Crippen molar-refractivity contribution in [2.75, 3.05) is 16.2 Å². The highest BCUT2D eigenvalue weighted by Crippen LogP contribution is 2.24. The van der Waals surface area contributed by atoms with Crippen molar-refractivity contribution in [1.29, 1.82) is 0 Å². The summed E-state index contributed by atoms with van der Waals surface area (Å²) in [5.74, 6) is 0.472. The average Bonchev–Trinajstić information content (AvgIpc) is 3.02. The topological polar surface area (TPSA) is 92.3 Å². The van der Waals surface area contributed by atoms with Gasteiger partial charge in [0.15, 0.2) is 0 Å². The van der Waals surface area contributed by atoms with Crippen LogP contribution in [0.5, 0.6) is 0 Å². The average molecular weight is 441 g/mol. The minimum absolute atomic E-state index is 0.0599. The molecule has 6 nitrogen and oxygen atoms in total. The number of hydrogen-bond donors (Lipinski definition) is 2. The van der Waals surface area contributed by atoms with Crippen LogP contribution in [0.4, 0.5) is 5.69 Å². The van der Waals surface area contributed by atoms with E-state index in [9.17, 15) is 17.4 Å². The summed E-state index contributed by atoms with van der Waals surface area (Å²) < 4.78 is 39.5. The molecule has 2 atom stereocenters. The number of aryl methyl sites for hydroxylation is 2. The van der Waals surface area contributed by atoms with Crippen molar-refractivity contribution in [2.45, 2.75) is 31.2 Å². The first-order valence-corrected chi connectivity index (χ1v) is 12.1. The van der Waals surface area contributed by atoms with Crippen LogP contribution in [0.2, 0.25) is 5.02 Å². The maximum absolute atomic E-state index is 12.7. The molecule has 0 radical (unpaired) electrons. The summed E-state index contributed by atoms with van der Waals surface area (Å²) in [5.41, 5.74) is 2.53. The second kappa shape index (κ2) is 8.23. The summed E-state index contributed by atoms with van der Waals surface area (Å²) in [4.78, 5) is 12.5. The molecule has 150 valence electrons. The molecule has 1 saturated heterocycles. The quantitative estimate of drug-likeness (QED) is 0.747. The lowest BCUT2D eigenvalue weighted by molar-refractivity contribution is 0.0941. The Balaban J connectivity index is 1.83. The van der Waals surface area contributed by atoms with Gasteiger partial charge in [-0.15, -0.1) is 0 Å². The molecule has 2 N–H and O–H groups in total. The van der Waals surface area contributed by atoms with Gasteiger partial charge >= 0.3 is 0 Å². The molecule has 1 aliphatic heterocycles. The van der Waals surface area contributed by atoms with Crippen LogP contribution in [0.25, 0.3) is 0 Å². The zero-order valence-electron chi connectivity index (χ0n) is 15.5. The highest BCUT2D eigenvalue weighted by molar-refractivity contribution is 7.92. The molecule has 0 aliphatic carbocycles. The second-order valence-electron chi connectivity index (χ2n) is 6.82. The lowest BCUT2D eigenvalue weighted by Gasteiger charge is -2.14. The Hall–Kier alpha value is -1.90. The van der Waals surface area contributed by atoms with Gasteiger partial charge in [-0.3, -0.25) is 13.7 Å². The number of rotatable bonds is 5. The van der Waals surface area contributed by atoms with Gasteiger partial charge in [0.2, 0.25) is 0 Å². The van der Waals surface area contributed by atoms with E-state index < -0.39 is 26.7 Å². The summed E-state index contributed by atoms with van der Waals surface area (Å²) >= 11 is 6.12. The highest BCUT2D eigenvalue weighted by atomic mass is 35.5. The molecule has 0 saturated carbocycles. The first kappa shape index (κ1) is 20.8. The molecule has 0 aromatic heterocycles. The van der Waals surface area contributed by atoms with E-state index in [0.717, 1.165) is 11.1 Å². The van der Waals surface area contributed by atoms with Gasteiger partial charge in [0.05, 0.1) is 15.5 Å². The Morgan fingerprint density at radius 3 is 2.54 bits per heavy atom. The van der Waals surface area contributed by atoms with Crippen molar-refractivity contribution in [3.05, 3.63) is 58.1 Å². The monoisotopic (exact) mass is 440 g/mol. The molecule has 2 aromatic carbocycles. The second-order valence-corrected chi connectivity index (χ2v) is 10.5. The lowest BCUT2D eigenvalue weighted by Crippen LogP contribution is -2.35. The fourth-order valence-corrected chi connectivity index (χ4v) is 5.60. The molecule has 0 spiro atoms. The maximum Gasteiger partial charge on any atom is 0.261 e. The number of amides is 1. The fourth-order valence-electron chi connectivity index (χ4n) is 2.91. The van der Waals surface area contributed by atoms with Gasteiger partial charge in [-0.2, -0.15) is 0 Å². The van der Waals surface area contributed by atoms with E-state index in [0.29, 0.717) is 23.6 Å². The van der Waals surface area contributed by atoms with Gasteiger partial charge in [-0.25, -0.2) is 8.42 Å². The van der Waals surface area contributed by atoms with E-state index in [1.807, 2.05) is 19.9 Å². The fraction of sp³-hybridized carbons (Fsp3) is 0.316. The number of nitrogens with one attached hydrogen (secondary N) is 2. The first-order valence-electron chi connectivity index (χ1n) is 8.71. The van der Waals surface area contributed by atoms with Gasteiger partial charge in [0.25, 0.3) is 15.9 Å². The minimum Gasteiger partial charge on any atom is -0.348 e. The van der Waals surface area contributed by atoms with Crippen LogP contribution in [0.15, 0.2) is 41.3 Å². The van der Waals surface area contributed by atoms with Crippen molar-refractivity contribution in [3.63, 3.8) is 0 Å². The molecule has 2 aromatic rings. The first-order chi connectivity index (χ1) is 13.2. The standard InChI is InChI=1S/C19H21ClN2O4S2/c1-12-3-4-14(9-13(12)2)22-28(25,26)16-5-6-18(20)17(10-16)19(23)21-15-7-8-27(24)11-15/h3-6,9-10,15,22H,7-8,11H2,1-2H3,(H,21,23)/t15-,27-/m1/s1. The minimum atomic E-state index is -3.89. The Labute approximate surface area is 172 Å². The van der Waals surface area contributed by atoms with Crippen LogP contribution in [0, 0.1) is 13.8 Å². The third kappa shape index (κ3) is 4.74. The van der Waals surface area contributed by atoms with E-state index >= 15 is 0 Å². The Kier molecular flexibility index (Phi) is 6.12. The number of halogens is 1. The number of hydrogen-bond acceptors (Lipinski definition) is 4. The van der Waals surface area contributed by atoms with Crippen LogP contribution >= 0.6 is 11.6 Å². The van der Waals surface area contributed by atoms with Crippen LogP contribution in [-0.2, 0) is 20.8 Å². The molecule has 1 aliphatic rings. The van der Waals surface area contributed by atoms with Crippen LogP contribution in [0.3, 0.4) is 0 Å². The number of benzene rings is 2. The van der Waals surface area contributed by atoms with Gasteiger partial charge in [0, 0.05) is 34.0 Å². The molecule has 0 unspecified atom stereocenters. The van der Waals surface area contributed by atoms with Crippen molar-refractivity contribution < 1.29 is 17.4 Å². The molecule has 9 heteroatoms. The van der Waals surface area contributed by atoms with E-state index in [4.69, 9.17) is 11.6 Å². The smallest absolute Gasteiger partial charge is 0.261 e. The lowest BCUT2D eigenvalue weighted by atomic mass is 10.1. The van der Waals surface area contributed by atoms with E-state index in [1.54, 1.807) is 12.1 Å². The van der Waals surface area contributed by atoms with Crippen LogP contribution < -0.4 is 10.0 Å². The molecular formula is C19H21ClN2O4S2. The largest absolute Gasteiger partial charge is 0.348 e. The van der Waals surface area contributed by atoms with E-state index in [2.05, 4.69) is 10.0 Å². The molecular weight excluding hydrogens is 420 g/mol. The van der Waals surface area contributed by atoms with Crippen LogP contribution in [0.1, 0.15) is 27.9 Å². The van der Waals surface area contributed by atoms with E-state index in [1.165, 1.54) is 18.2 Å². The van der Waals surface area contributed by atoms with E-state index in [-0.39, 0.29) is 21.5 Å². The zero-order valence-corrected chi connectivity index (χ0v) is 17.9. The molecule has 1 heterocycles. The van der Waals surface area contributed by atoms with Gasteiger partial charge < -0.3 is 5.32 Å². The normalized spacial score (nSPS) is 19.4. The van der Waals surface area contributed by atoms with Gasteiger partial charge in [0.1, 0.15) is 0 Å². The molecule has 1 amide bonds. The predicted molar refractivity (Wildman–Crippen MR) is 112 cm³/mol. The number of sulfonamides is 1. The number of anilines is 1. The summed E-state index contributed by atoms with van der Waals surface area (Å²) in [5, 5.41) is 2.93. The Bertz CT molecular complexity index is 1050. The summed E-state index contributed by atoms with van der Waals surface area (Å²) in [6.07, 6.45) is 0.627. The Morgan fingerprint density at radius 2 is 1.89 bits per heavy atom. The Morgan fingerprint density at radius 1 is 1.14 bits per heavy atom. The zero-order chi connectivity index (χ0) is 20.5. The molecule has 3 rings (SSSR count).